The van der Waals surface area contributed by atoms with Gasteiger partial charge in [0.25, 0.3) is 0 Å². The number of hydrogen-bond acceptors (Lipinski definition) is 4. The molecule has 1 saturated carbocycles. The average molecular weight is 418 g/mol. The Morgan fingerprint density at radius 1 is 0.931 bits per heavy atom. The molecule has 2 N–H and O–H groups in total. The Morgan fingerprint density at radius 2 is 1.55 bits per heavy atom. The second-order valence-electron chi connectivity index (χ2n) is 8.52. The van der Waals surface area contributed by atoms with E-state index < -0.39 is 0 Å². The van der Waals surface area contributed by atoms with Crippen molar-refractivity contribution in [2.45, 2.75) is 63.8 Å². The molecule has 1 aliphatic carbocycles. The highest BCUT2D eigenvalue weighted by Gasteiger charge is 2.38. The Balaban J connectivity index is 1.40. The molecule has 0 unspecified atom stereocenters. The van der Waals surface area contributed by atoms with E-state index >= 15 is 0 Å². The molecule has 2 fully saturated rings. The number of aryl methyl sites for hydroxylation is 1. The Bertz CT molecular complexity index is 665. The lowest BCUT2D eigenvalue weighted by Crippen LogP contribution is -2.58. The molecule has 5 nitrogen and oxygen atoms in total. The molecule has 0 spiro atoms. The van der Waals surface area contributed by atoms with Crippen molar-refractivity contribution in [2.75, 3.05) is 36.5 Å². The average Bonchev–Trinajstić information content (AvgIpc) is 2.75. The number of thioether (sulfide) groups is 1. The number of benzene rings is 1. The minimum Gasteiger partial charge on any atom is -0.354 e. The molecule has 1 aromatic carbocycles. The normalized spacial score (nSPS) is 19.5. The highest BCUT2D eigenvalue weighted by Crippen LogP contribution is 2.35. The van der Waals surface area contributed by atoms with Crippen LogP contribution in [0.5, 0.6) is 0 Å². The summed E-state index contributed by atoms with van der Waals surface area (Å²) in [7, 11) is 0. The van der Waals surface area contributed by atoms with Crippen LogP contribution in [-0.2, 0) is 9.59 Å². The molecule has 1 saturated heterocycles. The van der Waals surface area contributed by atoms with E-state index in [4.69, 9.17) is 0 Å². The number of piperidine rings is 1. The van der Waals surface area contributed by atoms with Gasteiger partial charge in [0.15, 0.2) is 0 Å². The predicted octanol–water partition coefficient (Wildman–Crippen LogP) is 3.97. The molecule has 1 heterocycles. The summed E-state index contributed by atoms with van der Waals surface area (Å²) >= 11 is 1.38. The SMILES string of the molecule is Cc1ccc(NC(=O)CSCC(=O)NCC2(N3CCCCC3)CCCCC2)cc1. The van der Waals surface area contributed by atoms with E-state index in [1.54, 1.807) is 0 Å². The van der Waals surface area contributed by atoms with Gasteiger partial charge in [0.1, 0.15) is 0 Å². The Hall–Kier alpha value is -1.53. The van der Waals surface area contributed by atoms with Gasteiger partial charge < -0.3 is 10.6 Å². The first-order chi connectivity index (χ1) is 14.1. The lowest BCUT2D eigenvalue weighted by molar-refractivity contribution is -0.119. The second kappa shape index (κ2) is 11.0. The van der Waals surface area contributed by atoms with Crippen LogP contribution in [0.4, 0.5) is 5.69 Å². The number of hydrogen-bond donors (Lipinski definition) is 2. The van der Waals surface area contributed by atoms with Crippen LogP contribution in [-0.4, -0.2) is 53.4 Å². The summed E-state index contributed by atoms with van der Waals surface area (Å²) in [6.07, 6.45) is 10.1. The van der Waals surface area contributed by atoms with Crippen LogP contribution in [0, 0.1) is 6.92 Å². The molecule has 3 rings (SSSR count). The fourth-order valence-electron chi connectivity index (χ4n) is 4.57. The zero-order chi connectivity index (χ0) is 20.5. The molecule has 1 aromatic rings. The van der Waals surface area contributed by atoms with Gasteiger partial charge >= 0.3 is 0 Å². The topological polar surface area (TPSA) is 61.4 Å². The smallest absolute Gasteiger partial charge is 0.234 e. The molecule has 29 heavy (non-hydrogen) atoms. The summed E-state index contributed by atoms with van der Waals surface area (Å²) in [6.45, 7) is 5.11. The predicted molar refractivity (Wildman–Crippen MR) is 121 cm³/mol. The van der Waals surface area contributed by atoms with E-state index in [1.807, 2.05) is 31.2 Å². The van der Waals surface area contributed by atoms with E-state index in [1.165, 1.54) is 76.2 Å². The summed E-state index contributed by atoms with van der Waals surface area (Å²) in [5.74, 6) is 0.597. The van der Waals surface area contributed by atoms with E-state index in [-0.39, 0.29) is 17.4 Å². The molecular weight excluding hydrogens is 382 g/mol. The summed E-state index contributed by atoms with van der Waals surface area (Å²) in [5, 5.41) is 6.06. The zero-order valence-electron chi connectivity index (χ0n) is 17.7. The summed E-state index contributed by atoms with van der Waals surface area (Å²) in [6, 6.07) is 7.74. The van der Waals surface area contributed by atoms with Gasteiger partial charge in [-0.15, -0.1) is 11.8 Å². The minimum absolute atomic E-state index is 0.0418. The van der Waals surface area contributed by atoms with E-state index in [2.05, 4.69) is 15.5 Å². The van der Waals surface area contributed by atoms with Gasteiger partial charge in [-0.05, 0) is 57.8 Å². The van der Waals surface area contributed by atoms with Gasteiger partial charge in [-0.25, -0.2) is 0 Å². The highest BCUT2D eigenvalue weighted by molar-refractivity contribution is 8.00. The van der Waals surface area contributed by atoms with Crippen LogP contribution >= 0.6 is 11.8 Å². The third-order valence-corrected chi connectivity index (χ3v) is 7.16. The second-order valence-corrected chi connectivity index (χ2v) is 9.50. The molecule has 0 bridgehead atoms. The quantitative estimate of drug-likeness (QED) is 0.672. The third kappa shape index (κ3) is 6.75. The van der Waals surface area contributed by atoms with Crippen LogP contribution in [0.1, 0.15) is 56.9 Å². The van der Waals surface area contributed by atoms with Crippen LogP contribution in [0.3, 0.4) is 0 Å². The minimum atomic E-state index is -0.0660. The number of amides is 2. The molecule has 0 aromatic heterocycles. The van der Waals surface area contributed by atoms with Crippen LogP contribution in [0.2, 0.25) is 0 Å². The molecule has 6 heteroatoms. The van der Waals surface area contributed by atoms with Gasteiger partial charge in [-0.3, -0.25) is 14.5 Å². The molecule has 0 atom stereocenters. The summed E-state index contributed by atoms with van der Waals surface area (Å²) in [5.41, 5.74) is 2.11. The van der Waals surface area contributed by atoms with Crippen molar-refractivity contribution in [1.29, 1.82) is 0 Å². The lowest BCUT2D eigenvalue weighted by Gasteiger charge is -2.48. The van der Waals surface area contributed by atoms with Gasteiger partial charge in [-0.2, -0.15) is 0 Å². The lowest BCUT2D eigenvalue weighted by atomic mass is 9.79. The molecule has 2 amide bonds. The number of likely N-dealkylation sites (tertiary alicyclic amines) is 1. The number of anilines is 1. The summed E-state index contributed by atoms with van der Waals surface area (Å²) in [4.78, 5) is 27.1. The fourth-order valence-corrected chi connectivity index (χ4v) is 5.21. The van der Waals surface area contributed by atoms with Crippen molar-refractivity contribution < 1.29 is 9.59 Å². The molecular formula is C23H35N3O2S. The third-order valence-electron chi connectivity index (χ3n) is 6.23. The monoisotopic (exact) mass is 417 g/mol. The van der Waals surface area contributed by atoms with Crippen molar-refractivity contribution in [2.24, 2.45) is 0 Å². The first kappa shape index (κ1) is 22.2. The molecule has 2 aliphatic rings. The van der Waals surface area contributed by atoms with E-state index in [0.29, 0.717) is 11.5 Å². The molecule has 160 valence electrons. The van der Waals surface area contributed by atoms with E-state index in [0.717, 1.165) is 17.8 Å². The summed E-state index contributed by atoms with van der Waals surface area (Å²) < 4.78 is 0. The first-order valence-corrected chi connectivity index (χ1v) is 12.2. The van der Waals surface area contributed by atoms with Crippen molar-refractivity contribution in [1.82, 2.24) is 10.2 Å². The van der Waals surface area contributed by atoms with Crippen LogP contribution in [0.15, 0.2) is 24.3 Å². The first-order valence-electron chi connectivity index (χ1n) is 11.0. The van der Waals surface area contributed by atoms with Gasteiger partial charge in [0, 0.05) is 17.8 Å². The number of nitrogens with zero attached hydrogens (tertiary/aromatic N) is 1. The molecule has 0 radical (unpaired) electrons. The van der Waals surface area contributed by atoms with Gasteiger partial charge in [-0.1, -0.05) is 43.4 Å². The number of carbonyl (C=O) groups is 2. The molecule has 1 aliphatic heterocycles. The maximum absolute atomic E-state index is 12.4. The van der Waals surface area contributed by atoms with Crippen molar-refractivity contribution in [3.63, 3.8) is 0 Å². The number of rotatable bonds is 8. The largest absolute Gasteiger partial charge is 0.354 e. The fraction of sp³-hybridized carbons (Fsp3) is 0.652. The highest BCUT2D eigenvalue weighted by atomic mass is 32.2. The van der Waals surface area contributed by atoms with Crippen molar-refractivity contribution in [3.8, 4) is 0 Å². The Morgan fingerprint density at radius 3 is 2.24 bits per heavy atom. The number of carbonyl (C=O) groups excluding carboxylic acids is 2. The van der Waals surface area contributed by atoms with Gasteiger partial charge in [0.2, 0.25) is 11.8 Å². The zero-order valence-corrected chi connectivity index (χ0v) is 18.5. The Kier molecular flexibility index (Phi) is 8.42. The van der Waals surface area contributed by atoms with Crippen LogP contribution in [0.25, 0.3) is 0 Å². The number of nitrogens with one attached hydrogen (secondary N) is 2. The van der Waals surface area contributed by atoms with Crippen molar-refractivity contribution >= 4 is 29.3 Å². The Labute approximate surface area is 179 Å². The van der Waals surface area contributed by atoms with E-state index in [9.17, 15) is 9.59 Å². The van der Waals surface area contributed by atoms with Crippen molar-refractivity contribution in [3.05, 3.63) is 29.8 Å². The van der Waals surface area contributed by atoms with Gasteiger partial charge in [0.05, 0.1) is 11.5 Å². The maximum Gasteiger partial charge on any atom is 0.234 e. The maximum atomic E-state index is 12.4. The van der Waals surface area contributed by atoms with Crippen LogP contribution < -0.4 is 10.6 Å². The standard InChI is InChI=1S/C23H35N3O2S/c1-19-8-10-20(11-9-19)25-22(28)17-29-16-21(27)24-18-23(12-4-2-5-13-23)26-14-6-3-7-15-26/h8-11H,2-7,12-18H2,1H3,(H,24,27)(H,25,28).